The molecule has 0 radical (unpaired) electrons. The number of halogens is 2. The highest BCUT2D eigenvalue weighted by molar-refractivity contribution is 6.30. The number of nitrogens with zero attached hydrogens (tertiary/aromatic N) is 1. The van der Waals surface area contributed by atoms with E-state index in [2.05, 4.69) is 10.2 Å². The largest absolute Gasteiger partial charge is 0.313 e. The van der Waals surface area contributed by atoms with E-state index in [0.29, 0.717) is 12.1 Å². The van der Waals surface area contributed by atoms with Crippen molar-refractivity contribution in [2.75, 3.05) is 20.1 Å². The molecule has 2 nitrogen and oxygen atoms in total. The molecule has 1 aromatic rings. The van der Waals surface area contributed by atoms with Crippen LogP contribution in [0.1, 0.15) is 18.4 Å². The van der Waals surface area contributed by atoms with Gasteiger partial charge in [0.05, 0.1) is 5.02 Å². The summed E-state index contributed by atoms with van der Waals surface area (Å²) in [5, 5.41) is 3.64. The molecule has 1 fully saturated rings. The van der Waals surface area contributed by atoms with Crippen LogP contribution in [0.2, 0.25) is 5.02 Å². The predicted octanol–water partition coefficient (Wildman–Crippen LogP) is 2.66. The molecular formula is C13H18ClFN2. The summed E-state index contributed by atoms with van der Waals surface area (Å²) in [5.41, 5.74) is 0.659. The molecule has 0 unspecified atom stereocenters. The SMILES string of the molecule is CN(CCNC1CC1)Cc1cccc(Cl)c1F. The molecule has 0 amide bonds. The van der Waals surface area contributed by atoms with Gasteiger partial charge in [0.15, 0.2) is 0 Å². The van der Waals surface area contributed by atoms with Crippen molar-refractivity contribution in [1.82, 2.24) is 10.2 Å². The van der Waals surface area contributed by atoms with E-state index in [9.17, 15) is 4.39 Å². The lowest BCUT2D eigenvalue weighted by Gasteiger charge is -2.17. The highest BCUT2D eigenvalue weighted by Crippen LogP contribution is 2.19. The molecule has 1 saturated carbocycles. The average molecular weight is 257 g/mol. The van der Waals surface area contributed by atoms with E-state index < -0.39 is 0 Å². The number of hydrogen-bond acceptors (Lipinski definition) is 2. The first kappa shape index (κ1) is 12.8. The first-order valence-electron chi connectivity index (χ1n) is 6.01. The molecule has 2 rings (SSSR count). The van der Waals surface area contributed by atoms with Crippen LogP contribution in [-0.2, 0) is 6.54 Å². The molecule has 0 aliphatic heterocycles. The summed E-state index contributed by atoms with van der Waals surface area (Å²) in [6.07, 6.45) is 2.60. The fourth-order valence-corrected chi connectivity index (χ4v) is 1.98. The summed E-state index contributed by atoms with van der Waals surface area (Å²) in [4.78, 5) is 2.10. The lowest BCUT2D eigenvalue weighted by Crippen LogP contribution is -2.30. The lowest BCUT2D eigenvalue weighted by atomic mass is 10.2. The van der Waals surface area contributed by atoms with Crippen LogP contribution in [0.3, 0.4) is 0 Å². The van der Waals surface area contributed by atoms with Gasteiger partial charge in [0, 0.05) is 31.2 Å². The van der Waals surface area contributed by atoms with Crippen LogP contribution in [-0.4, -0.2) is 31.1 Å². The smallest absolute Gasteiger partial charge is 0.146 e. The van der Waals surface area contributed by atoms with E-state index in [1.807, 2.05) is 7.05 Å². The summed E-state index contributed by atoms with van der Waals surface area (Å²) >= 11 is 5.75. The molecule has 94 valence electrons. The lowest BCUT2D eigenvalue weighted by molar-refractivity contribution is 0.319. The molecule has 0 saturated heterocycles. The van der Waals surface area contributed by atoms with Gasteiger partial charge >= 0.3 is 0 Å². The molecule has 1 aromatic carbocycles. The minimum Gasteiger partial charge on any atom is -0.313 e. The van der Waals surface area contributed by atoms with E-state index in [4.69, 9.17) is 11.6 Å². The van der Waals surface area contributed by atoms with Gasteiger partial charge < -0.3 is 10.2 Å². The Labute approximate surface area is 107 Å². The van der Waals surface area contributed by atoms with Crippen LogP contribution < -0.4 is 5.32 Å². The fraction of sp³-hybridized carbons (Fsp3) is 0.538. The van der Waals surface area contributed by atoms with Gasteiger partial charge in [-0.15, -0.1) is 0 Å². The van der Waals surface area contributed by atoms with E-state index >= 15 is 0 Å². The molecular weight excluding hydrogens is 239 g/mol. The molecule has 0 aromatic heterocycles. The first-order valence-corrected chi connectivity index (χ1v) is 6.39. The maximum absolute atomic E-state index is 13.6. The standard InChI is InChI=1S/C13H18ClFN2/c1-17(8-7-16-11-5-6-11)9-10-3-2-4-12(14)13(10)15/h2-4,11,16H,5-9H2,1H3. The van der Waals surface area contributed by atoms with Gasteiger partial charge in [-0.3, -0.25) is 0 Å². The Hall–Kier alpha value is -0.640. The monoisotopic (exact) mass is 256 g/mol. The second kappa shape index (κ2) is 5.80. The molecule has 1 N–H and O–H groups in total. The zero-order valence-corrected chi connectivity index (χ0v) is 10.8. The summed E-state index contributed by atoms with van der Waals surface area (Å²) in [6, 6.07) is 5.88. The highest BCUT2D eigenvalue weighted by Gasteiger charge is 2.19. The van der Waals surface area contributed by atoms with Crippen molar-refractivity contribution in [1.29, 1.82) is 0 Å². The van der Waals surface area contributed by atoms with Crippen molar-refractivity contribution in [3.05, 3.63) is 34.6 Å². The second-order valence-corrected chi connectivity index (χ2v) is 5.09. The van der Waals surface area contributed by atoms with Crippen LogP contribution in [0.5, 0.6) is 0 Å². The van der Waals surface area contributed by atoms with Gasteiger partial charge in [0.1, 0.15) is 5.82 Å². The van der Waals surface area contributed by atoms with E-state index in [-0.39, 0.29) is 10.8 Å². The van der Waals surface area contributed by atoms with Crippen molar-refractivity contribution in [2.24, 2.45) is 0 Å². The zero-order valence-electron chi connectivity index (χ0n) is 10.0. The minimum absolute atomic E-state index is 0.201. The normalized spacial score (nSPS) is 15.5. The minimum atomic E-state index is -0.295. The third-order valence-electron chi connectivity index (χ3n) is 2.98. The Kier molecular flexibility index (Phi) is 4.37. The quantitative estimate of drug-likeness (QED) is 0.842. The molecule has 4 heteroatoms. The second-order valence-electron chi connectivity index (χ2n) is 4.68. The fourth-order valence-electron chi connectivity index (χ4n) is 1.79. The van der Waals surface area contributed by atoms with Crippen LogP contribution in [0.4, 0.5) is 4.39 Å². The zero-order chi connectivity index (χ0) is 12.3. The Morgan fingerprint density at radius 2 is 2.24 bits per heavy atom. The van der Waals surface area contributed by atoms with Crippen LogP contribution in [0, 0.1) is 5.82 Å². The number of hydrogen-bond donors (Lipinski definition) is 1. The van der Waals surface area contributed by atoms with E-state index in [0.717, 1.165) is 19.1 Å². The van der Waals surface area contributed by atoms with Crippen molar-refractivity contribution < 1.29 is 4.39 Å². The molecule has 0 atom stereocenters. The average Bonchev–Trinajstić information content (AvgIpc) is 3.09. The van der Waals surface area contributed by atoms with Crippen molar-refractivity contribution in [3.63, 3.8) is 0 Å². The predicted molar refractivity (Wildman–Crippen MR) is 68.8 cm³/mol. The van der Waals surface area contributed by atoms with Gasteiger partial charge in [0.25, 0.3) is 0 Å². The Morgan fingerprint density at radius 3 is 2.94 bits per heavy atom. The molecule has 0 spiro atoms. The third kappa shape index (κ3) is 3.95. The molecule has 1 aliphatic rings. The molecule has 0 bridgehead atoms. The van der Waals surface area contributed by atoms with Crippen LogP contribution >= 0.6 is 11.6 Å². The maximum Gasteiger partial charge on any atom is 0.146 e. The van der Waals surface area contributed by atoms with Gasteiger partial charge in [-0.1, -0.05) is 23.7 Å². The Balaban J connectivity index is 1.79. The summed E-state index contributed by atoms with van der Waals surface area (Å²) < 4.78 is 13.6. The van der Waals surface area contributed by atoms with Gasteiger partial charge in [-0.25, -0.2) is 4.39 Å². The molecule has 17 heavy (non-hydrogen) atoms. The van der Waals surface area contributed by atoms with E-state index in [1.165, 1.54) is 12.8 Å². The summed E-state index contributed by atoms with van der Waals surface area (Å²) in [7, 11) is 1.99. The highest BCUT2D eigenvalue weighted by atomic mass is 35.5. The van der Waals surface area contributed by atoms with E-state index in [1.54, 1.807) is 18.2 Å². The molecule has 1 aliphatic carbocycles. The van der Waals surface area contributed by atoms with Crippen LogP contribution in [0.25, 0.3) is 0 Å². The van der Waals surface area contributed by atoms with Gasteiger partial charge in [0.2, 0.25) is 0 Å². The van der Waals surface area contributed by atoms with Gasteiger partial charge in [-0.2, -0.15) is 0 Å². The molecule has 0 heterocycles. The number of nitrogens with one attached hydrogen (secondary N) is 1. The number of likely N-dealkylation sites (N-methyl/N-ethyl adjacent to an activating group) is 1. The van der Waals surface area contributed by atoms with Crippen molar-refractivity contribution in [3.8, 4) is 0 Å². The topological polar surface area (TPSA) is 15.3 Å². The van der Waals surface area contributed by atoms with Crippen LogP contribution in [0.15, 0.2) is 18.2 Å². The number of benzene rings is 1. The van der Waals surface area contributed by atoms with Crippen molar-refractivity contribution in [2.45, 2.75) is 25.4 Å². The van der Waals surface area contributed by atoms with Gasteiger partial charge in [-0.05, 0) is 26.0 Å². The number of rotatable bonds is 6. The maximum atomic E-state index is 13.6. The Bertz CT molecular complexity index is 380. The van der Waals surface area contributed by atoms with Crippen molar-refractivity contribution >= 4 is 11.6 Å². The first-order chi connectivity index (χ1) is 8.16. The third-order valence-corrected chi connectivity index (χ3v) is 3.27. The summed E-state index contributed by atoms with van der Waals surface area (Å²) in [6.45, 7) is 2.48. The Morgan fingerprint density at radius 1 is 1.47 bits per heavy atom. The summed E-state index contributed by atoms with van der Waals surface area (Å²) in [5.74, 6) is -0.295.